The van der Waals surface area contributed by atoms with Crippen molar-refractivity contribution in [3.8, 4) is 0 Å². The van der Waals surface area contributed by atoms with Crippen LogP contribution in [0, 0.1) is 11.8 Å². The van der Waals surface area contributed by atoms with Crippen molar-refractivity contribution in [2.75, 3.05) is 6.54 Å². The second-order valence-corrected chi connectivity index (χ2v) is 6.22. The molecule has 1 saturated carbocycles. The number of nitrogens with zero attached hydrogens (tertiary/aromatic N) is 2. The van der Waals surface area contributed by atoms with E-state index in [2.05, 4.69) is 41.9 Å². The summed E-state index contributed by atoms with van der Waals surface area (Å²) in [5.74, 6) is 1.71. The van der Waals surface area contributed by atoms with Crippen LogP contribution < -0.4 is 5.32 Å². The highest BCUT2D eigenvalue weighted by Gasteiger charge is 2.30. The predicted molar refractivity (Wildman–Crippen MR) is 84.7 cm³/mol. The van der Waals surface area contributed by atoms with Crippen molar-refractivity contribution in [3.63, 3.8) is 0 Å². The maximum absolute atomic E-state index is 4.52. The maximum atomic E-state index is 4.52. The van der Waals surface area contributed by atoms with Crippen LogP contribution in [0.15, 0.2) is 12.3 Å². The van der Waals surface area contributed by atoms with Gasteiger partial charge in [-0.25, -0.2) is 0 Å². The van der Waals surface area contributed by atoms with E-state index < -0.39 is 0 Å². The molecule has 0 spiro atoms. The largest absolute Gasteiger partial charge is 0.309 e. The highest BCUT2D eigenvalue weighted by atomic mass is 15.3. The van der Waals surface area contributed by atoms with Crippen LogP contribution >= 0.6 is 0 Å². The van der Waals surface area contributed by atoms with E-state index in [1.54, 1.807) is 0 Å². The Hall–Kier alpha value is -0.830. The fraction of sp³-hybridized carbons (Fsp3) is 0.824. The lowest BCUT2D eigenvalue weighted by atomic mass is 9.76. The molecule has 1 heterocycles. The molecule has 3 heteroatoms. The van der Waals surface area contributed by atoms with Crippen molar-refractivity contribution in [2.24, 2.45) is 11.8 Å². The van der Waals surface area contributed by atoms with Crippen LogP contribution in [0.3, 0.4) is 0 Å². The van der Waals surface area contributed by atoms with Crippen LogP contribution in [0.2, 0.25) is 0 Å². The summed E-state index contributed by atoms with van der Waals surface area (Å²) in [7, 11) is 0. The third kappa shape index (κ3) is 3.63. The quantitative estimate of drug-likeness (QED) is 0.811. The Morgan fingerprint density at radius 1 is 1.35 bits per heavy atom. The van der Waals surface area contributed by atoms with E-state index in [1.807, 2.05) is 6.20 Å². The molecule has 1 fully saturated rings. The highest BCUT2D eigenvalue weighted by Crippen LogP contribution is 2.38. The third-order valence-electron chi connectivity index (χ3n) is 4.80. The SMILES string of the molecule is CCCn1nccc1C(NCC)C1CCCC(CC)C1. The van der Waals surface area contributed by atoms with Crippen LogP contribution in [0.1, 0.15) is 71.0 Å². The Labute approximate surface area is 124 Å². The first-order valence-electron chi connectivity index (χ1n) is 8.55. The van der Waals surface area contributed by atoms with E-state index in [4.69, 9.17) is 0 Å². The van der Waals surface area contributed by atoms with Gasteiger partial charge in [0.15, 0.2) is 0 Å². The second kappa shape index (κ2) is 7.82. The zero-order valence-electron chi connectivity index (χ0n) is 13.4. The van der Waals surface area contributed by atoms with Gasteiger partial charge in [-0.1, -0.05) is 40.0 Å². The fourth-order valence-electron chi connectivity index (χ4n) is 3.74. The van der Waals surface area contributed by atoms with E-state index in [9.17, 15) is 0 Å². The molecule has 0 bridgehead atoms. The lowest BCUT2D eigenvalue weighted by Gasteiger charge is -2.35. The van der Waals surface area contributed by atoms with Crippen molar-refractivity contribution in [2.45, 2.75) is 71.9 Å². The van der Waals surface area contributed by atoms with Gasteiger partial charge in [0.05, 0.1) is 11.7 Å². The molecule has 2 rings (SSSR count). The first kappa shape index (κ1) is 15.6. The number of rotatable bonds is 7. The first-order chi connectivity index (χ1) is 9.80. The van der Waals surface area contributed by atoms with Crippen molar-refractivity contribution in [1.82, 2.24) is 15.1 Å². The molecule has 3 atom stereocenters. The van der Waals surface area contributed by atoms with E-state index in [0.717, 1.165) is 31.3 Å². The van der Waals surface area contributed by atoms with Gasteiger partial charge in [-0.3, -0.25) is 4.68 Å². The topological polar surface area (TPSA) is 29.9 Å². The molecule has 20 heavy (non-hydrogen) atoms. The van der Waals surface area contributed by atoms with Gasteiger partial charge in [0, 0.05) is 12.7 Å². The monoisotopic (exact) mass is 277 g/mol. The predicted octanol–water partition coefficient (Wildman–Crippen LogP) is 4.16. The molecule has 114 valence electrons. The molecule has 0 aromatic carbocycles. The lowest BCUT2D eigenvalue weighted by Crippen LogP contribution is -2.33. The summed E-state index contributed by atoms with van der Waals surface area (Å²) in [5.41, 5.74) is 1.40. The molecule has 1 aromatic heterocycles. The maximum Gasteiger partial charge on any atom is 0.0556 e. The zero-order valence-corrected chi connectivity index (χ0v) is 13.4. The average molecular weight is 277 g/mol. The summed E-state index contributed by atoms with van der Waals surface area (Å²) in [6.45, 7) is 8.86. The number of aryl methyl sites for hydroxylation is 1. The van der Waals surface area contributed by atoms with Crippen molar-refractivity contribution >= 4 is 0 Å². The van der Waals surface area contributed by atoms with Crippen LogP contribution in [-0.4, -0.2) is 16.3 Å². The highest BCUT2D eigenvalue weighted by molar-refractivity contribution is 5.09. The van der Waals surface area contributed by atoms with Gasteiger partial charge in [0.1, 0.15) is 0 Å². The summed E-state index contributed by atoms with van der Waals surface area (Å²) in [6, 6.07) is 2.71. The first-order valence-corrected chi connectivity index (χ1v) is 8.55. The molecule has 0 radical (unpaired) electrons. The van der Waals surface area contributed by atoms with Gasteiger partial charge in [-0.05, 0) is 43.7 Å². The van der Waals surface area contributed by atoms with Crippen molar-refractivity contribution in [3.05, 3.63) is 18.0 Å². The smallest absolute Gasteiger partial charge is 0.0556 e. The molecule has 3 nitrogen and oxygen atoms in total. The average Bonchev–Trinajstić information content (AvgIpc) is 2.93. The molecule has 1 aromatic rings. The summed E-state index contributed by atoms with van der Waals surface area (Å²) in [5, 5.41) is 8.26. The van der Waals surface area contributed by atoms with E-state index in [-0.39, 0.29) is 0 Å². The number of hydrogen-bond acceptors (Lipinski definition) is 2. The molecule has 1 N–H and O–H groups in total. The molecule has 0 amide bonds. The molecule has 1 aliphatic rings. The lowest BCUT2D eigenvalue weighted by molar-refractivity contribution is 0.204. The van der Waals surface area contributed by atoms with Gasteiger partial charge in [-0.2, -0.15) is 5.10 Å². The molecule has 0 aliphatic heterocycles. The van der Waals surface area contributed by atoms with Gasteiger partial charge in [0.25, 0.3) is 0 Å². The Kier molecular flexibility index (Phi) is 6.08. The minimum atomic E-state index is 0.489. The van der Waals surface area contributed by atoms with E-state index in [0.29, 0.717) is 6.04 Å². The summed E-state index contributed by atoms with van der Waals surface area (Å²) >= 11 is 0. The molecule has 0 saturated heterocycles. The fourth-order valence-corrected chi connectivity index (χ4v) is 3.74. The summed E-state index contributed by atoms with van der Waals surface area (Å²) in [6.07, 6.45) is 10.0. The van der Waals surface area contributed by atoms with Crippen LogP contribution in [0.25, 0.3) is 0 Å². The van der Waals surface area contributed by atoms with Crippen LogP contribution in [-0.2, 0) is 6.54 Å². The standard InChI is InChI=1S/C17H31N3/c1-4-12-20-16(10-11-19-20)17(18-6-3)15-9-7-8-14(5-2)13-15/h10-11,14-15,17-18H,4-9,12-13H2,1-3H3. The van der Waals surface area contributed by atoms with Gasteiger partial charge in [0.2, 0.25) is 0 Å². The second-order valence-electron chi connectivity index (χ2n) is 6.22. The number of hydrogen-bond donors (Lipinski definition) is 1. The van der Waals surface area contributed by atoms with Crippen molar-refractivity contribution < 1.29 is 0 Å². The van der Waals surface area contributed by atoms with Crippen LogP contribution in [0.5, 0.6) is 0 Å². The Balaban J connectivity index is 2.14. The normalized spacial score (nSPS) is 24.8. The molecular weight excluding hydrogens is 246 g/mol. The molecule has 3 unspecified atom stereocenters. The Bertz CT molecular complexity index is 385. The Morgan fingerprint density at radius 3 is 2.90 bits per heavy atom. The van der Waals surface area contributed by atoms with Gasteiger partial charge >= 0.3 is 0 Å². The summed E-state index contributed by atoms with van der Waals surface area (Å²) in [4.78, 5) is 0. The van der Waals surface area contributed by atoms with Crippen LogP contribution in [0.4, 0.5) is 0 Å². The summed E-state index contributed by atoms with van der Waals surface area (Å²) < 4.78 is 2.21. The zero-order chi connectivity index (χ0) is 14.4. The minimum Gasteiger partial charge on any atom is -0.309 e. The van der Waals surface area contributed by atoms with Gasteiger partial charge < -0.3 is 5.32 Å². The Morgan fingerprint density at radius 2 is 2.20 bits per heavy atom. The minimum absolute atomic E-state index is 0.489. The van der Waals surface area contributed by atoms with E-state index in [1.165, 1.54) is 37.8 Å². The van der Waals surface area contributed by atoms with Crippen molar-refractivity contribution in [1.29, 1.82) is 0 Å². The van der Waals surface area contributed by atoms with E-state index >= 15 is 0 Å². The molecular formula is C17H31N3. The number of nitrogens with one attached hydrogen (secondary N) is 1. The molecule has 1 aliphatic carbocycles. The van der Waals surface area contributed by atoms with Gasteiger partial charge in [-0.15, -0.1) is 0 Å². The number of aromatic nitrogens is 2. The third-order valence-corrected chi connectivity index (χ3v) is 4.80.